The number of rotatable bonds is 3. The Hall–Kier alpha value is -1.90. The summed E-state index contributed by atoms with van der Waals surface area (Å²) in [5.41, 5.74) is 3.21. The van der Waals surface area contributed by atoms with Crippen molar-refractivity contribution in [3.8, 4) is 0 Å². The average Bonchev–Trinajstić information content (AvgIpc) is 2.38. The average molecular weight is 271 g/mol. The molecule has 0 atom stereocenters. The summed E-state index contributed by atoms with van der Waals surface area (Å²) >= 11 is 0. The molecule has 1 aliphatic rings. The third-order valence-electron chi connectivity index (χ3n) is 3.70. The third-order valence-corrected chi connectivity index (χ3v) is 3.70. The summed E-state index contributed by atoms with van der Waals surface area (Å²) in [7, 11) is 0. The second-order valence-corrected chi connectivity index (χ2v) is 5.38. The molecule has 3 heteroatoms. The van der Waals surface area contributed by atoms with Crippen LogP contribution < -0.4 is 0 Å². The molecular formula is C17H21NO2. The molecule has 0 spiro atoms. The van der Waals surface area contributed by atoms with Gasteiger partial charge < -0.3 is 0 Å². The van der Waals surface area contributed by atoms with Crippen LogP contribution in [-0.2, 0) is 0 Å². The molecule has 2 rings (SSSR count). The monoisotopic (exact) mass is 271 g/mol. The first kappa shape index (κ1) is 14.5. The molecule has 0 N–H and O–H groups in total. The number of hydrogen-bond acceptors (Lipinski definition) is 2. The molecule has 1 aromatic carbocycles. The van der Waals surface area contributed by atoms with Gasteiger partial charge in [-0.05, 0) is 38.2 Å². The van der Waals surface area contributed by atoms with Gasteiger partial charge in [0.2, 0.25) is 0 Å². The van der Waals surface area contributed by atoms with E-state index in [9.17, 15) is 10.1 Å². The Morgan fingerprint density at radius 2 is 1.85 bits per heavy atom. The summed E-state index contributed by atoms with van der Waals surface area (Å²) in [5, 5.41) is 11.4. The van der Waals surface area contributed by atoms with Gasteiger partial charge in [-0.1, -0.05) is 48.7 Å². The van der Waals surface area contributed by atoms with Gasteiger partial charge in [-0.25, -0.2) is 0 Å². The number of nitrogens with zero attached hydrogens (tertiary/aromatic N) is 1. The standard InChI is InChI=1S/C17H21NO2/c1-14-9-11-15(12-10-14)13-17(18(19)20)16-7-5-3-2-4-6-8-16/h7,9-13H,2-6,8H2,1H3/b16-7+,17-13+. The van der Waals surface area contributed by atoms with Crippen molar-refractivity contribution in [3.05, 3.63) is 62.9 Å². The zero-order valence-corrected chi connectivity index (χ0v) is 12.0. The fraction of sp³-hybridized carbons (Fsp3) is 0.412. The predicted octanol–water partition coefficient (Wildman–Crippen LogP) is 4.89. The Labute approximate surface area is 120 Å². The molecule has 0 radical (unpaired) electrons. The Morgan fingerprint density at radius 1 is 1.15 bits per heavy atom. The molecule has 1 aromatic rings. The van der Waals surface area contributed by atoms with E-state index < -0.39 is 0 Å². The second kappa shape index (κ2) is 7.04. The Bertz CT molecular complexity index is 526. The molecule has 0 saturated carbocycles. The molecule has 0 fully saturated rings. The van der Waals surface area contributed by atoms with Crippen LogP contribution in [0.15, 0.2) is 41.6 Å². The van der Waals surface area contributed by atoms with Crippen LogP contribution in [0.4, 0.5) is 0 Å². The molecule has 3 nitrogen and oxygen atoms in total. The first-order chi connectivity index (χ1) is 9.66. The maximum absolute atomic E-state index is 11.4. The molecule has 0 heterocycles. The molecule has 0 aliphatic heterocycles. The lowest BCUT2D eigenvalue weighted by atomic mass is 9.97. The molecule has 0 bridgehead atoms. The van der Waals surface area contributed by atoms with E-state index in [0.717, 1.165) is 42.4 Å². The smallest absolute Gasteiger partial charge is 0.258 e. The summed E-state index contributed by atoms with van der Waals surface area (Å²) < 4.78 is 0. The van der Waals surface area contributed by atoms with Gasteiger partial charge in [0.25, 0.3) is 5.70 Å². The zero-order chi connectivity index (χ0) is 14.4. The normalized spacial score (nSPS) is 19.6. The lowest BCUT2D eigenvalue weighted by Gasteiger charge is -2.09. The van der Waals surface area contributed by atoms with E-state index in [4.69, 9.17) is 0 Å². The Balaban J connectivity index is 2.29. The molecule has 1 aliphatic carbocycles. The first-order valence-corrected chi connectivity index (χ1v) is 7.29. The predicted molar refractivity (Wildman–Crippen MR) is 81.9 cm³/mol. The fourth-order valence-corrected chi connectivity index (χ4v) is 2.51. The Morgan fingerprint density at radius 3 is 2.55 bits per heavy atom. The van der Waals surface area contributed by atoms with Gasteiger partial charge in [0.1, 0.15) is 0 Å². The molecular weight excluding hydrogens is 250 g/mol. The van der Waals surface area contributed by atoms with Crippen molar-refractivity contribution in [3.63, 3.8) is 0 Å². The SMILES string of the molecule is Cc1ccc(/C=C(\C2=C\CCCCCC2)[N+](=O)[O-])cc1. The highest BCUT2D eigenvalue weighted by Crippen LogP contribution is 2.25. The van der Waals surface area contributed by atoms with Crippen LogP contribution >= 0.6 is 0 Å². The molecule has 0 unspecified atom stereocenters. The van der Waals surface area contributed by atoms with Gasteiger partial charge in [-0.2, -0.15) is 0 Å². The number of nitro groups is 1. The van der Waals surface area contributed by atoms with E-state index >= 15 is 0 Å². The zero-order valence-electron chi connectivity index (χ0n) is 12.0. The number of aryl methyl sites for hydroxylation is 1. The first-order valence-electron chi connectivity index (χ1n) is 7.29. The van der Waals surface area contributed by atoms with Crippen LogP contribution in [0.25, 0.3) is 6.08 Å². The van der Waals surface area contributed by atoms with Crippen LogP contribution in [0, 0.1) is 17.0 Å². The Kier molecular flexibility index (Phi) is 5.10. The minimum atomic E-state index is -0.243. The summed E-state index contributed by atoms with van der Waals surface area (Å²) in [6.45, 7) is 2.01. The van der Waals surface area contributed by atoms with E-state index in [0.29, 0.717) is 0 Å². The van der Waals surface area contributed by atoms with Crippen LogP contribution in [0.2, 0.25) is 0 Å². The highest BCUT2D eigenvalue weighted by Gasteiger charge is 2.17. The second-order valence-electron chi connectivity index (χ2n) is 5.38. The van der Waals surface area contributed by atoms with E-state index in [1.54, 1.807) is 6.08 Å². The van der Waals surface area contributed by atoms with E-state index in [1.807, 2.05) is 31.2 Å². The summed E-state index contributed by atoms with van der Waals surface area (Å²) in [4.78, 5) is 11.1. The molecule has 0 saturated heterocycles. The quantitative estimate of drug-likeness (QED) is 0.580. The summed E-state index contributed by atoms with van der Waals surface area (Å²) in [5.74, 6) is 0. The van der Waals surface area contributed by atoms with Crippen LogP contribution in [-0.4, -0.2) is 4.92 Å². The minimum Gasteiger partial charge on any atom is -0.258 e. The largest absolute Gasteiger partial charge is 0.272 e. The van der Waals surface area contributed by atoms with Crippen molar-refractivity contribution in [2.75, 3.05) is 0 Å². The van der Waals surface area contributed by atoms with E-state index in [2.05, 4.69) is 6.08 Å². The van der Waals surface area contributed by atoms with E-state index in [1.165, 1.54) is 12.8 Å². The van der Waals surface area contributed by atoms with Crippen molar-refractivity contribution >= 4 is 6.08 Å². The summed E-state index contributed by atoms with van der Waals surface area (Å²) in [6, 6.07) is 7.83. The number of benzene rings is 1. The van der Waals surface area contributed by atoms with Gasteiger partial charge in [-0.3, -0.25) is 10.1 Å². The minimum absolute atomic E-state index is 0.243. The maximum atomic E-state index is 11.4. The van der Waals surface area contributed by atoms with Crippen molar-refractivity contribution < 1.29 is 4.92 Å². The summed E-state index contributed by atoms with van der Waals surface area (Å²) in [6.07, 6.45) is 10.1. The highest BCUT2D eigenvalue weighted by atomic mass is 16.6. The van der Waals surface area contributed by atoms with Crippen molar-refractivity contribution in [2.45, 2.75) is 45.4 Å². The lowest BCUT2D eigenvalue weighted by molar-refractivity contribution is -0.419. The third kappa shape index (κ3) is 4.05. The van der Waals surface area contributed by atoms with Crippen LogP contribution in [0.1, 0.15) is 49.7 Å². The van der Waals surface area contributed by atoms with Crippen molar-refractivity contribution in [1.29, 1.82) is 0 Å². The van der Waals surface area contributed by atoms with Crippen molar-refractivity contribution in [2.24, 2.45) is 0 Å². The van der Waals surface area contributed by atoms with Gasteiger partial charge in [0, 0.05) is 11.6 Å². The molecule has 0 amide bonds. The van der Waals surface area contributed by atoms with Gasteiger partial charge in [-0.15, -0.1) is 0 Å². The topological polar surface area (TPSA) is 43.1 Å². The number of allylic oxidation sites excluding steroid dienone is 2. The van der Waals surface area contributed by atoms with Crippen LogP contribution in [0.5, 0.6) is 0 Å². The molecule has 20 heavy (non-hydrogen) atoms. The van der Waals surface area contributed by atoms with Crippen LogP contribution in [0.3, 0.4) is 0 Å². The van der Waals surface area contributed by atoms with E-state index in [-0.39, 0.29) is 10.6 Å². The van der Waals surface area contributed by atoms with Gasteiger partial charge in [0.15, 0.2) is 0 Å². The fourth-order valence-electron chi connectivity index (χ4n) is 2.51. The van der Waals surface area contributed by atoms with Gasteiger partial charge >= 0.3 is 0 Å². The maximum Gasteiger partial charge on any atom is 0.272 e. The van der Waals surface area contributed by atoms with Crippen molar-refractivity contribution in [1.82, 2.24) is 0 Å². The highest BCUT2D eigenvalue weighted by molar-refractivity contribution is 5.56. The molecule has 106 valence electrons. The van der Waals surface area contributed by atoms with Gasteiger partial charge in [0.05, 0.1) is 4.92 Å². The lowest BCUT2D eigenvalue weighted by Crippen LogP contribution is -2.04. The number of hydrogen-bond donors (Lipinski definition) is 0. The molecule has 0 aromatic heterocycles.